The minimum Gasteiger partial charge on any atom is -0.0741 e. The van der Waals surface area contributed by atoms with E-state index in [2.05, 4.69) is 48.5 Å². The number of rotatable bonds is 16. The number of unbranched alkanes of at least 4 members (excludes halogenated alkanes) is 6. The smallest absolute Gasteiger partial charge is 0.0741 e. The van der Waals surface area contributed by atoms with E-state index in [-0.39, 0.29) is 0 Å². The van der Waals surface area contributed by atoms with Crippen molar-refractivity contribution in [3.8, 4) is 0 Å². The van der Waals surface area contributed by atoms with Gasteiger partial charge in [-0.25, -0.2) is 0 Å². The molecule has 0 aliphatic carbocycles. The molecule has 0 aliphatic heterocycles. The quantitative estimate of drug-likeness (QED) is 0.196. The first-order valence-electron chi connectivity index (χ1n) is 11.3. The van der Waals surface area contributed by atoms with E-state index in [4.69, 9.17) is 0 Å². The van der Waals surface area contributed by atoms with Gasteiger partial charge in [0, 0.05) is 0 Å². The molecule has 0 heterocycles. The molecule has 0 aromatic carbocycles. The van der Waals surface area contributed by atoms with Crippen molar-refractivity contribution in [2.75, 3.05) is 0 Å². The molecule has 0 saturated heterocycles. The van der Waals surface area contributed by atoms with Crippen LogP contribution in [0.1, 0.15) is 119 Å². The first-order valence-corrected chi connectivity index (χ1v) is 11.3. The molecule has 1 heteroatoms. The minimum atomic E-state index is 0.531. The Morgan fingerprint density at radius 1 is 0.750 bits per heavy atom. The lowest BCUT2D eigenvalue weighted by atomic mass is 9.47. The summed E-state index contributed by atoms with van der Waals surface area (Å²) in [6.07, 6.45) is 17.2. The SMILES string of the molecule is CCCCCCC(CCCCCC)CC(C)(C)BCC(C)C(C)C. The van der Waals surface area contributed by atoms with Gasteiger partial charge in [0.05, 0.1) is 0 Å². The van der Waals surface area contributed by atoms with E-state index in [9.17, 15) is 0 Å². The van der Waals surface area contributed by atoms with E-state index < -0.39 is 0 Å². The fourth-order valence-corrected chi connectivity index (χ4v) is 3.90. The van der Waals surface area contributed by atoms with Gasteiger partial charge in [-0.3, -0.25) is 0 Å². The molecule has 0 fully saturated rings. The van der Waals surface area contributed by atoms with Crippen LogP contribution in [0.15, 0.2) is 0 Å². The second-order valence-electron chi connectivity index (χ2n) is 9.69. The predicted molar refractivity (Wildman–Crippen MR) is 116 cm³/mol. The summed E-state index contributed by atoms with van der Waals surface area (Å²) in [6, 6.07) is 0. The van der Waals surface area contributed by atoms with Crippen molar-refractivity contribution in [3.05, 3.63) is 0 Å². The van der Waals surface area contributed by atoms with Gasteiger partial charge in [-0.1, -0.05) is 131 Å². The van der Waals surface area contributed by atoms with Gasteiger partial charge < -0.3 is 0 Å². The van der Waals surface area contributed by atoms with Crippen molar-refractivity contribution in [2.24, 2.45) is 17.8 Å². The molecule has 0 aromatic rings. The molecule has 1 atom stereocenters. The fourth-order valence-electron chi connectivity index (χ4n) is 3.90. The Balaban J connectivity index is 4.34. The number of hydrogen-bond acceptors (Lipinski definition) is 0. The van der Waals surface area contributed by atoms with Crippen LogP contribution in [-0.4, -0.2) is 7.28 Å². The first-order chi connectivity index (χ1) is 11.3. The van der Waals surface area contributed by atoms with E-state index >= 15 is 0 Å². The maximum Gasteiger partial charge on any atom is 0.127 e. The lowest BCUT2D eigenvalue weighted by Crippen LogP contribution is -2.21. The van der Waals surface area contributed by atoms with Crippen molar-refractivity contribution in [3.63, 3.8) is 0 Å². The predicted octanol–water partition coefficient (Wildman–Crippen LogP) is 8.28. The second-order valence-corrected chi connectivity index (χ2v) is 9.69. The number of hydrogen-bond donors (Lipinski definition) is 0. The molecule has 0 amide bonds. The van der Waals surface area contributed by atoms with Crippen molar-refractivity contribution in [1.29, 1.82) is 0 Å². The van der Waals surface area contributed by atoms with Gasteiger partial charge in [-0.15, -0.1) is 0 Å². The van der Waals surface area contributed by atoms with Gasteiger partial charge >= 0.3 is 0 Å². The highest BCUT2D eigenvalue weighted by Crippen LogP contribution is 2.38. The van der Waals surface area contributed by atoms with Crippen LogP contribution in [0.5, 0.6) is 0 Å². The van der Waals surface area contributed by atoms with Crippen molar-refractivity contribution in [1.82, 2.24) is 0 Å². The molecule has 0 saturated carbocycles. The van der Waals surface area contributed by atoms with Crippen LogP contribution in [0.3, 0.4) is 0 Å². The topological polar surface area (TPSA) is 0 Å². The molecular weight excluding hydrogens is 287 g/mol. The fraction of sp³-hybridized carbons (Fsp3) is 1.00. The Morgan fingerprint density at radius 2 is 1.25 bits per heavy atom. The highest BCUT2D eigenvalue weighted by atomic mass is 14.2. The van der Waals surface area contributed by atoms with Gasteiger partial charge in [0.25, 0.3) is 0 Å². The van der Waals surface area contributed by atoms with Gasteiger partial charge in [0.1, 0.15) is 7.28 Å². The molecule has 24 heavy (non-hydrogen) atoms. The first kappa shape index (κ1) is 24.1. The molecule has 0 bridgehead atoms. The van der Waals surface area contributed by atoms with E-state index in [0.717, 1.165) is 17.8 Å². The lowest BCUT2D eigenvalue weighted by molar-refractivity contribution is 0.344. The molecule has 1 unspecified atom stereocenters. The summed E-state index contributed by atoms with van der Waals surface area (Å²) < 4.78 is 0. The van der Waals surface area contributed by atoms with Crippen LogP contribution < -0.4 is 0 Å². The lowest BCUT2D eigenvalue weighted by Gasteiger charge is -2.31. The monoisotopic (exact) mass is 336 g/mol. The summed E-state index contributed by atoms with van der Waals surface area (Å²) in [5, 5.41) is 0.531. The van der Waals surface area contributed by atoms with Crippen molar-refractivity contribution in [2.45, 2.75) is 131 Å². The standard InChI is InChI=1S/C23H49B/c1-8-10-12-14-16-22(17-15-13-11-9-2)18-23(6,7)24-19-21(5)20(3)4/h20-22,24H,8-19H2,1-7H3. The molecule has 0 spiro atoms. The zero-order valence-electron chi connectivity index (χ0n) is 18.4. The maximum absolute atomic E-state index is 2.53. The average Bonchev–Trinajstić information content (AvgIpc) is 2.52. The Bertz CT molecular complexity index is 257. The van der Waals surface area contributed by atoms with Crippen LogP contribution >= 0.6 is 0 Å². The van der Waals surface area contributed by atoms with Crippen LogP contribution in [0.25, 0.3) is 0 Å². The van der Waals surface area contributed by atoms with Crippen molar-refractivity contribution >= 4 is 7.28 Å². The molecule has 0 aliphatic rings. The average molecular weight is 336 g/mol. The normalized spacial score (nSPS) is 13.7. The molecule has 144 valence electrons. The highest BCUT2D eigenvalue weighted by Gasteiger charge is 2.25. The summed E-state index contributed by atoms with van der Waals surface area (Å²) in [5.41, 5.74) is 0. The Kier molecular flexibility index (Phi) is 14.3. The molecule has 0 N–H and O–H groups in total. The Morgan fingerprint density at radius 3 is 1.67 bits per heavy atom. The molecular formula is C23H49B. The van der Waals surface area contributed by atoms with E-state index in [0.29, 0.717) is 5.31 Å². The Labute approximate surface area is 156 Å². The largest absolute Gasteiger partial charge is 0.127 e. The third-order valence-corrected chi connectivity index (χ3v) is 6.19. The van der Waals surface area contributed by atoms with Crippen LogP contribution in [0, 0.1) is 17.8 Å². The zero-order valence-corrected chi connectivity index (χ0v) is 18.4. The van der Waals surface area contributed by atoms with Crippen LogP contribution in [-0.2, 0) is 0 Å². The second kappa shape index (κ2) is 14.3. The van der Waals surface area contributed by atoms with Crippen LogP contribution in [0.2, 0.25) is 11.6 Å². The summed E-state index contributed by atoms with van der Waals surface area (Å²) in [6.45, 7) is 16.9. The van der Waals surface area contributed by atoms with Gasteiger partial charge in [-0.05, 0) is 17.8 Å². The van der Waals surface area contributed by atoms with E-state index in [1.165, 1.54) is 84.2 Å². The van der Waals surface area contributed by atoms with Gasteiger partial charge in [0.2, 0.25) is 0 Å². The molecule has 0 rings (SSSR count). The molecule has 0 aromatic heterocycles. The van der Waals surface area contributed by atoms with Gasteiger partial charge in [-0.2, -0.15) is 0 Å². The summed E-state index contributed by atoms with van der Waals surface area (Å²) in [5.74, 6) is 2.68. The summed E-state index contributed by atoms with van der Waals surface area (Å²) in [4.78, 5) is 0. The van der Waals surface area contributed by atoms with Crippen molar-refractivity contribution < 1.29 is 0 Å². The van der Waals surface area contributed by atoms with Gasteiger partial charge in [0.15, 0.2) is 0 Å². The molecule has 0 nitrogen and oxygen atoms in total. The van der Waals surface area contributed by atoms with Crippen LogP contribution in [0.4, 0.5) is 0 Å². The van der Waals surface area contributed by atoms with E-state index in [1.807, 2.05) is 0 Å². The third-order valence-electron chi connectivity index (χ3n) is 6.19. The third kappa shape index (κ3) is 13.4. The van der Waals surface area contributed by atoms with E-state index in [1.54, 1.807) is 0 Å². The zero-order chi connectivity index (χ0) is 18.4. The molecule has 0 radical (unpaired) electrons. The highest BCUT2D eigenvalue weighted by molar-refractivity contribution is 6.39. The minimum absolute atomic E-state index is 0.531. The summed E-state index contributed by atoms with van der Waals surface area (Å²) >= 11 is 0. The Hall–Kier alpha value is 0.0649. The maximum atomic E-state index is 2.53. The summed E-state index contributed by atoms with van der Waals surface area (Å²) in [7, 11) is 1.41.